The number of piperidine rings is 1. The molecule has 2 aliphatic heterocycles. The van der Waals surface area contributed by atoms with Crippen LogP contribution in [0.2, 0.25) is 0 Å². The van der Waals surface area contributed by atoms with Gasteiger partial charge >= 0.3 is 6.03 Å². The van der Waals surface area contributed by atoms with Gasteiger partial charge in [0.15, 0.2) is 0 Å². The average molecular weight is 402 g/mol. The summed E-state index contributed by atoms with van der Waals surface area (Å²) in [4.78, 5) is 31.2. The Labute approximate surface area is 174 Å². The zero-order valence-electron chi connectivity index (χ0n) is 17.8. The molecule has 0 aromatic heterocycles. The standard InChI is InChI=1S/C22H35N5O2/c1-3-18(2)23-21(28)17-25-13-15-27(16-14-25)22(29)24-19-9-5-6-10-20(19)26-11-7-4-8-12-26/h5-6,9-10,18H,3-4,7-8,11-17H2,1-2H3,(H,23,28)(H,24,29)/t18-/m0/s1. The SMILES string of the molecule is CC[C@H](C)NC(=O)CN1CCN(C(=O)Nc2ccccc2N2CCCCC2)CC1. The molecule has 0 saturated carbocycles. The van der Waals surface area contributed by atoms with Crippen molar-refractivity contribution in [3.63, 3.8) is 0 Å². The summed E-state index contributed by atoms with van der Waals surface area (Å²) in [5.74, 6) is 0.0627. The van der Waals surface area contributed by atoms with Gasteiger partial charge in [-0.25, -0.2) is 4.79 Å². The molecule has 160 valence electrons. The van der Waals surface area contributed by atoms with Crippen LogP contribution in [0, 0.1) is 0 Å². The van der Waals surface area contributed by atoms with E-state index in [9.17, 15) is 9.59 Å². The number of nitrogens with one attached hydrogen (secondary N) is 2. The third-order valence-corrected chi connectivity index (χ3v) is 5.89. The van der Waals surface area contributed by atoms with Crippen LogP contribution in [-0.4, -0.2) is 73.6 Å². The Kier molecular flexibility index (Phi) is 7.75. The van der Waals surface area contributed by atoms with E-state index in [0.29, 0.717) is 19.6 Å². The van der Waals surface area contributed by atoms with E-state index in [-0.39, 0.29) is 18.0 Å². The highest BCUT2D eigenvalue weighted by Crippen LogP contribution is 2.28. The van der Waals surface area contributed by atoms with Crippen molar-refractivity contribution in [2.75, 3.05) is 56.0 Å². The van der Waals surface area contributed by atoms with Crippen LogP contribution < -0.4 is 15.5 Å². The number of nitrogens with zero attached hydrogens (tertiary/aromatic N) is 3. The second-order valence-corrected chi connectivity index (χ2v) is 8.14. The first-order chi connectivity index (χ1) is 14.1. The molecule has 1 atom stereocenters. The van der Waals surface area contributed by atoms with Crippen molar-refractivity contribution in [1.82, 2.24) is 15.1 Å². The summed E-state index contributed by atoms with van der Waals surface area (Å²) < 4.78 is 0. The summed E-state index contributed by atoms with van der Waals surface area (Å²) in [5.41, 5.74) is 2.00. The Balaban J connectivity index is 1.50. The van der Waals surface area contributed by atoms with Gasteiger partial charge in [0.25, 0.3) is 0 Å². The smallest absolute Gasteiger partial charge is 0.321 e. The molecule has 1 aromatic rings. The van der Waals surface area contributed by atoms with Crippen LogP contribution in [0.1, 0.15) is 39.5 Å². The van der Waals surface area contributed by atoms with Crippen LogP contribution in [-0.2, 0) is 4.79 Å². The highest BCUT2D eigenvalue weighted by Gasteiger charge is 2.24. The van der Waals surface area contributed by atoms with Crippen molar-refractivity contribution in [2.24, 2.45) is 0 Å². The molecule has 3 amide bonds. The summed E-state index contributed by atoms with van der Waals surface area (Å²) in [7, 11) is 0. The van der Waals surface area contributed by atoms with Gasteiger partial charge in [-0.05, 0) is 44.7 Å². The lowest BCUT2D eigenvalue weighted by Crippen LogP contribution is -2.52. The highest BCUT2D eigenvalue weighted by atomic mass is 16.2. The fourth-order valence-corrected chi connectivity index (χ4v) is 3.92. The summed E-state index contributed by atoms with van der Waals surface area (Å²) >= 11 is 0. The number of amides is 3. The number of benzene rings is 1. The lowest BCUT2D eigenvalue weighted by atomic mass is 10.1. The van der Waals surface area contributed by atoms with Gasteiger partial charge in [-0.3, -0.25) is 9.69 Å². The van der Waals surface area contributed by atoms with E-state index in [4.69, 9.17) is 0 Å². The fraction of sp³-hybridized carbons (Fsp3) is 0.636. The number of para-hydroxylation sites is 2. The first-order valence-corrected chi connectivity index (χ1v) is 11.0. The predicted molar refractivity (Wildman–Crippen MR) is 117 cm³/mol. The number of carbonyl (C=O) groups excluding carboxylic acids is 2. The maximum Gasteiger partial charge on any atom is 0.321 e. The van der Waals surface area contributed by atoms with Crippen molar-refractivity contribution in [3.05, 3.63) is 24.3 Å². The molecule has 0 unspecified atom stereocenters. The summed E-state index contributed by atoms with van der Waals surface area (Å²) in [6, 6.07) is 8.22. The first-order valence-electron chi connectivity index (χ1n) is 11.0. The maximum atomic E-state index is 12.8. The zero-order valence-corrected chi connectivity index (χ0v) is 17.8. The average Bonchev–Trinajstić information content (AvgIpc) is 2.75. The van der Waals surface area contributed by atoms with Crippen molar-refractivity contribution in [1.29, 1.82) is 0 Å². The molecule has 0 spiro atoms. The molecule has 2 saturated heterocycles. The molecular weight excluding hydrogens is 366 g/mol. The Morgan fingerprint density at radius 3 is 2.38 bits per heavy atom. The van der Waals surface area contributed by atoms with E-state index in [1.165, 1.54) is 19.3 Å². The Hall–Kier alpha value is -2.28. The van der Waals surface area contributed by atoms with Gasteiger partial charge in [0.1, 0.15) is 0 Å². The molecule has 7 nitrogen and oxygen atoms in total. The Morgan fingerprint density at radius 1 is 1.00 bits per heavy atom. The Bertz CT molecular complexity index is 682. The molecule has 0 bridgehead atoms. The van der Waals surface area contributed by atoms with Crippen LogP contribution >= 0.6 is 0 Å². The number of urea groups is 1. The van der Waals surface area contributed by atoms with Crippen LogP contribution in [0.15, 0.2) is 24.3 Å². The number of anilines is 2. The lowest BCUT2D eigenvalue weighted by Gasteiger charge is -2.35. The van der Waals surface area contributed by atoms with Crippen LogP contribution in [0.25, 0.3) is 0 Å². The number of rotatable bonds is 6. The van der Waals surface area contributed by atoms with Gasteiger partial charge in [0, 0.05) is 45.3 Å². The first kappa shape index (κ1) is 21.4. The van der Waals surface area contributed by atoms with Crippen molar-refractivity contribution < 1.29 is 9.59 Å². The van der Waals surface area contributed by atoms with Crippen LogP contribution in [0.5, 0.6) is 0 Å². The zero-order chi connectivity index (χ0) is 20.6. The van der Waals surface area contributed by atoms with Crippen molar-refractivity contribution >= 4 is 23.3 Å². The third kappa shape index (κ3) is 6.10. The van der Waals surface area contributed by atoms with Crippen molar-refractivity contribution in [2.45, 2.75) is 45.6 Å². The maximum absolute atomic E-state index is 12.8. The lowest BCUT2D eigenvalue weighted by molar-refractivity contribution is -0.123. The number of piperazine rings is 1. The van der Waals surface area contributed by atoms with E-state index < -0.39 is 0 Å². The van der Waals surface area contributed by atoms with Gasteiger partial charge in [0.05, 0.1) is 17.9 Å². The van der Waals surface area contributed by atoms with E-state index in [1.54, 1.807) is 0 Å². The molecule has 2 aliphatic rings. The highest BCUT2D eigenvalue weighted by molar-refractivity contribution is 5.93. The molecule has 0 radical (unpaired) electrons. The van der Waals surface area contributed by atoms with Gasteiger partial charge in [-0.1, -0.05) is 19.1 Å². The summed E-state index contributed by atoms with van der Waals surface area (Å²) in [6.07, 6.45) is 4.62. The predicted octanol–water partition coefficient (Wildman–Crippen LogP) is 2.74. The van der Waals surface area contributed by atoms with E-state index in [0.717, 1.165) is 44.0 Å². The third-order valence-electron chi connectivity index (χ3n) is 5.89. The van der Waals surface area contributed by atoms with Crippen molar-refractivity contribution in [3.8, 4) is 0 Å². The molecular formula is C22H35N5O2. The molecule has 1 aromatic carbocycles. The molecule has 2 fully saturated rings. The molecule has 7 heteroatoms. The number of carbonyl (C=O) groups is 2. The summed E-state index contributed by atoms with van der Waals surface area (Å²) in [5, 5.41) is 6.12. The topological polar surface area (TPSA) is 67.9 Å². The quantitative estimate of drug-likeness (QED) is 0.769. The number of hydrogen-bond acceptors (Lipinski definition) is 4. The largest absolute Gasteiger partial charge is 0.370 e. The van der Waals surface area contributed by atoms with E-state index in [1.807, 2.05) is 30.0 Å². The van der Waals surface area contributed by atoms with Crippen LogP contribution in [0.3, 0.4) is 0 Å². The van der Waals surface area contributed by atoms with E-state index >= 15 is 0 Å². The molecule has 3 rings (SSSR count). The fourth-order valence-electron chi connectivity index (χ4n) is 3.92. The van der Waals surface area contributed by atoms with E-state index in [2.05, 4.69) is 33.4 Å². The molecule has 0 aliphatic carbocycles. The van der Waals surface area contributed by atoms with Gasteiger partial charge < -0.3 is 20.4 Å². The minimum Gasteiger partial charge on any atom is -0.370 e. The van der Waals surface area contributed by atoms with Gasteiger partial charge in [-0.15, -0.1) is 0 Å². The monoisotopic (exact) mass is 401 g/mol. The second kappa shape index (κ2) is 10.5. The molecule has 2 heterocycles. The van der Waals surface area contributed by atoms with Gasteiger partial charge in [-0.2, -0.15) is 0 Å². The normalized spacial score (nSPS) is 19.0. The molecule has 29 heavy (non-hydrogen) atoms. The minimum atomic E-state index is -0.0573. The second-order valence-electron chi connectivity index (χ2n) is 8.14. The van der Waals surface area contributed by atoms with Gasteiger partial charge in [0.2, 0.25) is 5.91 Å². The number of hydrogen-bond donors (Lipinski definition) is 2. The minimum absolute atomic E-state index is 0.0573. The summed E-state index contributed by atoms with van der Waals surface area (Å²) in [6.45, 7) is 9.27. The van der Waals surface area contributed by atoms with Crippen LogP contribution in [0.4, 0.5) is 16.2 Å². The molecule has 2 N–H and O–H groups in total. The Morgan fingerprint density at radius 2 is 1.69 bits per heavy atom.